The number of amides is 1. The van der Waals surface area contributed by atoms with Crippen LogP contribution in [0.5, 0.6) is 0 Å². The standard InChI is InChI=1S/C27H22ClN5O3/c1-2-36-27(35)17-6-5-7-19(14-17)33-24(29)22(26(34)30-15-16-10-12-18(28)13-11-16)23-25(33)32-21-9-4-3-8-20(21)31-23/h3-14H,2,15,29H2,1H3,(H,30,34). The number of rotatable bonds is 6. The summed E-state index contributed by atoms with van der Waals surface area (Å²) in [6.45, 7) is 2.28. The third kappa shape index (κ3) is 4.34. The van der Waals surface area contributed by atoms with Gasteiger partial charge in [-0.2, -0.15) is 0 Å². The predicted octanol–water partition coefficient (Wildman–Crippen LogP) is 4.92. The summed E-state index contributed by atoms with van der Waals surface area (Å²) in [6, 6.07) is 21.4. The van der Waals surface area contributed by atoms with Crippen molar-refractivity contribution in [2.75, 3.05) is 12.3 Å². The lowest BCUT2D eigenvalue weighted by molar-refractivity contribution is 0.0526. The Morgan fingerprint density at radius 2 is 1.72 bits per heavy atom. The van der Waals surface area contributed by atoms with Crippen molar-refractivity contribution in [3.8, 4) is 5.69 Å². The van der Waals surface area contributed by atoms with Gasteiger partial charge in [0.1, 0.15) is 16.9 Å². The maximum Gasteiger partial charge on any atom is 0.338 e. The fraction of sp³-hybridized carbons (Fsp3) is 0.111. The summed E-state index contributed by atoms with van der Waals surface area (Å²) in [5, 5.41) is 3.53. The van der Waals surface area contributed by atoms with Gasteiger partial charge in [-0.05, 0) is 55.0 Å². The van der Waals surface area contributed by atoms with Crippen LogP contribution in [0.3, 0.4) is 0 Å². The summed E-state index contributed by atoms with van der Waals surface area (Å²) in [4.78, 5) is 35.2. The first kappa shape index (κ1) is 23.3. The second-order valence-electron chi connectivity index (χ2n) is 8.06. The minimum absolute atomic E-state index is 0.162. The number of ether oxygens (including phenoxy) is 1. The number of nitrogens with two attached hydrogens (primary N) is 1. The molecule has 0 unspecified atom stereocenters. The van der Waals surface area contributed by atoms with E-state index in [9.17, 15) is 9.59 Å². The smallest absolute Gasteiger partial charge is 0.338 e. The third-order valence-electron chi connectivity index (χ3n) is 5.71. The monoisotopic (exact) mass is 499 g/mol. The molecule has 3 aromatic carbocycles. The van der Waals surface area contributed by atoms with Crippen molar-refractivity contribution in [2.45, 2.75) is 13.5 Å². The van der Waals surface area contributed by atoms with Crippen molar-refractivity contribution in [3.05, 3.63) is 94.5 Å². The van der Waals surface area contributed by atoms with E-state index >= 15 is 0 Å². The van der Waals surface area contributed by atoms with E-state index in [1.54, 1.807) is 47.9 Å². The lowest BCUT2D eigenvalue weighted by Gasteiger charge is -2.10. The Hall–Kier alpha value is -4.43. The topological polar surface area (TPSA) is 112 Å². The van der Waals surface area contributed by atoms with Gasteiger partial charge < -0.3 is 15.8 Å². The molecule has 0 spiro atoms. The van der Waals surface area contributed by atoms with E-state index in [4.69, 9.17) is 32.0 Å². The summed E-state index contributed by atoms with van der Waals surface area (Å²) < 4.78 is 6.77. The summed E-state index contributed by atoms with van der Waals surface area (Å²) >= 11 is 5.96. The molecule has 2 heterocycles. The van der Waals surface area contributed by atoms with Crippen LogP contribution >= 0.6 is 11.6 Å². The molecule has 0 radical (unpaired) electrons. The van der Waals surface area contributed by atoms with Gasteiger partial charge in [0.25, 0.3) is 5.91 Å². The van der Waals surface area contributed by atoms with Gasteiger partial charge in [-0.15, -0.1) is 0 Å². The molecule has 1 amide bonds. The van der Waals surface area contributed by atoms with E-state index in [-0.39, 0.29) is 24.5 Å². The summed E-state index contributed by atoms with van der Waals surface area (Å²) in [5.41, 5.74) is 10.6. The van der Waals surface area contributed by atoms with E-state index in [1.807, 2.05) is 36.4 Å². The molecular formula is C27H22ClN5O3. The SMILES string of the molecule is CCOC(=O)c1cccc(-n2c(N)c(C(=O)NCc3ccc(Cl)cc3)c3nc4ccccc4nc32)c1. The fourth-order valence-corrected chi connectivity index (χ4v) is 4.13. The van der Waals surface area contributed by atoms with E-state index < -0.39 is 11.9 Å². The number of carbonyl (C=O) groups is 2. The molecule has 8 nitrogen and oxygen atoms in total. The van der Waals surface area contributed by atoms with Crippen molar-refractivity contribution in [1.82, 2.24) is 19.9 Å². The van der Waals surface area contributed by atoms with Crippen LogP contribution < -0.4 is 11.1 Å². The fourth-order valence-electron chi connectivity index (χ4n) is 4.01. The number of carbonyl (C=O) groups excluding carboxylic acids is 2. The van der Waals surface area contributed by atoms with Crippen molar-refractivity contribution in [3.63, 3.8) is 0 Å². The first-order valence-electron chi connectivity index (χ1n) is 11.3. The number of para-hydroxylation sites is 2. The highest BCUT2D eigenvalue weighted by Crippen LogP contribution is 2.31. The molecule has 36 heavy (non-hydrogen) atoms. The second kappa shape index (κ2) is 9.67. The molecule has 0 saturated heterocycles. The minimum atomic E-state index is -0.452. The number of nitrogens with zero attached hydrogens (tertiary/aromatic N) is 3. The first-order chi connectivity index (χ1) is 17.5. The molecule has 0 aliphatic carbocycles. The molecule has 0 atom stereocenters. The first-order valence-corrected chi connectivity index (χ1v) is 11.7. The van der Waals surface area contributed by atoms with Crippen molar-refractivity contribution < 1.29 is 14.3 Å². The number of hydrogen-bond donors (Lipinski definition) is 2. The van der Waals surface area contributed by atoms with E-state index in [0.29, 0.717) is 38.5 Å². The average Bonchev–Trinajstić information content (AvgIpc) is 3.17. The minimum Gasteiger partial charge on any atom is -0.462 e. The summed E-state index contributed by atoms with van der Waals surface area (Å²) in [6.07, 6.45) is 0. The zero-order chi connectivity index (χ0) is 25.2. The van der Waals surface area contributed by atoms with E-state index in [2.05, 4.69) is 5.32 Å². The van der Waals surface area contributed by atoms with Crippen LogP contribution in [0.15, 0.2) is 72.8 Å². The molecule has 0 fully saturated rings. The highest BCUT2D eigenvalue weighted by atomic mass is 35.5. The number of nitrogens with one attached hydrogen (secondary N) is 1. The zero-order valence-electron chi connectivity index (χ0n) is 19.4. The van der Waals surface area contributed by atoms with E-state index in [1.165, 1.54) is 0 Å². The van der Waals surface area contributed by atoms with Crippen LogP contribution in [0.2, 0.25) is 5.02 Å². The van der Waals surface area contributed by atoms with Crippen LogP contribution in [0.4, 0.5) is 5.82 Å². The molecule has 180 valence electrons. The quantitative estimate of drug-likeness (QED) is 0.321. The summed E-state index contributed by atoms with van der Waals surface area (Å²) in [7, 11) is 0. The van der Waals surface area contributed by atoms with Gasteiger partial charge in [0.05, 0.1) is 23.2 Å². The van der Waals surface area contributed by atoms with Crippen molar-refractivity contribution in [2.24, 2.45) is 0 Å². The third-order valence-corrected chi connectivity index (χ3v) is 5.96. The zero-order valence-corrected chi connectivity index (χ0v) is 20.1. The number of nitrogen functional groups attached to an aromatic ring is 1. The number of benzene rings is 3. The summed E-state index contributed by atoms with van der Waals surface area (Å²) in [5.74, 6) is -0.681. The normalized spacial score (nSPS) is 11.1. The van der Waals surface area contributed by atoms with E-state index in [0.717, 1.165) is 5.56 Å². The molecule has 3 N–H and O–H groups in total. The average molecular weight is 500 g/mol. The number of halogens is 1. The van der Waals surface area contributed by atoms with Gasteiger partial charge in [0, 0.05) is 17.3 Å². The number of hydrogen-bond acceptors (Lipinski definition) is 6. The molecule has 0 bridgehead atoms. The van der Waals surface area contributed by atoms with Crippen LogP contribution in [0, 0.1) is 0 Å². The molecule has 5 rings (SSSR count). The Morgan fingerprint density at radius 1 is 1.00 bits per heavy atom. The Labute approximate surface area is 211 Å². The van der Waals surface area contributed by atoms with Gasteiger partial charge in [-0.25, -0.2) is 14.8 Å². The van der Waals surface area contributed by atoms with Crippen LogP contribution in [0.25, 0.3) is 27.9 Å². The molecule has 5 aromatic rings. The van der Waals surface area contributed by atoms with Gasteiger partial charge in [0.15, 0.2) is 5.65 Å². The van der Waals surface area contributed by atoms with Gasteiger partial charge in [0.2, 0.25) is 0 Å². The Balaban J connectivity index is 1.64. The lowest BCUT2D eigenvalue weighted by Crippen LogP contribution is -2.24. The number of esters is 1. The highest BCUT2D eigenvalue weighted by molar-refractivity contribution is 6.30. The second-order valence-corrected chi connectivity index (χ2v) is 8.50. The Kier molecular flexibility index (Phi) is 6.26. The molecular weight excluding hydrogens is 478 g/mol. The van der Waals surface area contributed by atoms with Crippen LogP contribution in [-0.2, 0) is 11.3 Å². The number of aromatic nitrogens is 3. The highest BCUT2D eigenvalue weighted by Gasteiger charge is 2.25. The molecule has 0 aliphatic rings. The molecule has 0 saturated carbocycles. The van der Waals surface area contributed by atoms with Gasteiger partial charge in [-0.3, -0.25) is 9.36 Å². The lowest BCUT2D eigenvalue weighted by atomic mass is 10.2. The number of fused-ring (bicyclic) bond motifs is 2. The van der Waals surface area contributed by atoms with Crippen molar-refractivity contribution in [1.29, 1.82) is 0 Å². The molecule has 0 aliphatic heterocycles. The van der Waals surface area contributed by atoms with Crippen LogP contribution in [0.1, 0.15) is 33.2 Å². The van der Waals surface area contributed by atoms with Crippen molar-refractivity contribution >= 4 is 51.5 Å². The number of anilines is 1. The largest absolute Gasteiger partial charge is 0.462 e. The molecule has 9 heteroatoms. The Bertz CT molecular complexity index is 1610. The maximum absolute atomic E-state index is 13.4. The van der Waals surface area contributed by atoms with Crippen LogP contribution in [-0.4, -0.2) is 33.0 Å². The molecule has 2 aromatic heterocycles. The Morgan fingerprint density at radius 3 is 2.44 bits per heavy atom. The predicted molar refractivity (Wildman–Crippen MR) is 139 cm³/mol. The van der Waals surface area contributed by atoms with Gasteiger partial charge in [-0.1, -0.05) is 41.9 Å². The maximum atomic E-state index is 13.4. The van der Waals surface area contributed by atoms with Gasteiger partial charge >= 0.3 is 5.97 Å².